The summed E-state index contributed by atoms with van der Waals surface area (Å²) in [6, 6.07) is 16.6. The second kappa shape index (κ2) is 6.26. The van der Waals surface area contributed by atoms with Gasteiger partial charge in [0.2, 0.25) is 0 Å². The molecule has 0 heterocycles. The number of rotatable bonds is 5. The molecule has 0 amide bonds. The van der Waals surface area contributed by atoms with Gasteiger partial charge >= 0.3 is 0 Å². The quantitative estimate of drug-likeness (QED) is 0.697. The van der Waals surface area contributed by atoms with Crippen LogP contribution >= 0.6 is 0 Å². The van der Waals surface area contributed by atoms with Gasteiger partial charge in [-0.15, -0.1) is 0 Å². The lowest BCUT2D eigenvalue weighted by molar-refractivity contribution is 0.0981. The van der Waals surface area contributed by atoms with E-state index in [4.69, 9.17) is 0 Å². The predicted molar refractivity (Wildman–Crippen MR) is 86.9 cm³/mol. The third-order valence-corrected chi connectivity index (χ3v) is 4.53. The highest BCUT2D eigenvalue weighted by molar-refractivity contribution is 5.97. The van der Waals surface area contributed by atoms with E-state index in [1.165, 1.54) is 36.0 Å². The summed E-state index contributed by atoms with van der Waals surface area (Å²) in [5.74, 6) is 0.906. The minimum Gasteiger partial charge on any atom is -0.294 e. The Morgan fingerprint density at radius 3 is 2.62 bits per heavy atom. The number of Topliss-reactive ketones (excluding diaryl/α,β-unsaturated/α-hetero) is 1. The highest BCUT2D eigenvalue weighted by Crippen LogP contribution is 2.38. The van der Waals surface area contributed by atoms with Gasteiger partial charge in [0.25, 0.3) is 0 Å². The molecule has 0 radical (unpaired) electrons. The van der Waals surface area contributed by atoms with Crippen LogP contribution in [0.15, 0.2) is 48.5 Å². The highest BCUT2D eigenvalue weighted by atomic mass is 16.1. The first kappa shape index (κ1) is 14.1. The smallest absolute Gasteiger partial charge is 0.163 e. The third kappa shape index (κ3) is 3.24. The second-order valence-electron chi connectivity index (χ2n) is 6.13. The van der Waals surface area contributed by atoms with E-state index < -0.39 is 0 Å². The lowest BCUT2D eigenvalue weighted by atomic mass is 9.77. The van der Waals surface area contributed by atoms with Gasteiger partial charge in [0.1, 0.15) is 0 Å². The predicted octanol–water partition coefficient (Wildman–Crippen LogP) is 5.08. The van der Waals surface area contributed by atoms with Gasteiger partial charge in [-0.25, -0.2) is 0 Å². The summed E-state index contributed by atoms with van der Waals surface area (Å²) >= 11 is 0. The van der Waals surface area contributed by atoms with E-state index in [1.54, 1.807) is 0 Å². The van der Waals surface area contributed by atoms with Crippen molar-refractivity contribution in [2.24, 2.45) is 0 Å². The van der Waals surface area contributed by atoms with E-state index in [2.05, 4.69) is 43.3 Å². The van der Waals surface area contributed by atoms with Crippen molar-refractivity contribution in [3.05, 3.63) is 70.8 Å². The van der Waals surface area contributed by atoms with Gasteiger partial charge in [-0.3, -0.25) is 4.79 Å². The zero-order valence-corrected chi connectivity index (χ0v) is 12.6. The normalized spacial score (nSPS) is 14.7. The fraction of sp³-hybridized carbons (Fsp3) is 0.350. The van der Waals surface area contributed by atoms with Crippen molar-refractivity contribution in [2.45, 2.75) is 44.9 Å². The molecule has 0 spiro atoms. The molecule has 21 heavy (non-hydrogen) atoms. The lowest BCUT2D eigenvalue weighted by Gasteiger charge is -2.27. The van der Waals surface area contributed by atoms with Gasteiger partial charge in [-0.1, -0.05) is 60.5 Å². The number of benzene rings is 2. The van der Waals surface area contributed by atoms with Crippen LogP contribution in [0.1, 0.15) is 58.6 Å². The van der Waals surface area contributed by atoms with Crippen molar-refractivity contribution in [3.63, 3.8) is 0 Å². The van der Waals surface area contributed by atoms with Crippen LogP contribution in [0.5, 0.6) is 0 Å². The summed E-state index contributed by atoms with van der Waals surface area (Å²) in [7, 11) is 0. The molecule has 0 aliphatic heterocycles. The van der Waals surface area contributed by atoms with Crippen LogP contribution in [0.25, 0.3) is 0 Å². The maximum absolute atomic E-state index is 12.6. The number of hydrogen-bond acceptors (Lipinski definition) is 1. The number of hydrogen-bond donors (Lipinski definition) is 0. The Bertz CT molecular complexity index is 638. The monoisotopic (exact) mass is 278 g/mol. The first-order chi connectivity index (χ1) is 10.2. The largest absolute Gasteiger partial charge is 0.294 e. The van der Waals surface area contributed by atoms with Crippen LogP contribution < -0.4 is 0 Å². The Kier molecular flexibility index (Phi) is 4.19. The van der Waals surface area contributed by atoms with Crippen LogP contribution in [0.3, 0.4) is 0 Å². The molecular formula is C20H22O. The fourth-order valence-electron chi connectivity index (χ4n) is 3.09. The topological polar surface area (TPSA) is 17.1 Å². The van der Waals surface area contributed by atoms with Crippen LogP contribution in [0.2, 0.25) is 0 Å². The standard InChI is InChI=1S/C20H22O/c1-15-6-4-7-16(14-15)12-13-20(21)19-11-3-2-10-18(19)17-8-5-9-17/h2-4,6-7,10-11,14,17H,5,8-9,12-13H2,1H3. The summed E-state index contributed by atoms with van der Waals surface area (Å²) in [5, 5.41) is 0. The molecule has 0 N–H and O–H groups in total. The molecule has 108 valence electrons. The molecule has 0 saturated heterocycles. The summed E-state index contributed by atoms with van der Waals surface area (Å²) in [4.78, 5) is 12.6. The van der Waals surface area contributed by atoms with Crippen LogP contribution in [-0.2, 0) is 6.42 Å². The molecule has 0 aromatic heterocycles. The average Bonchev–Trinajstić information content (AvgIpc) is 2.44. The van der Waals surface area contributed by atoms with E-state index in [-0.39, 0.29) is 0 Å². The van der Waals surface area contributed by atoms with Gasteiger partial charge in [-0.05, 0) is 43.2 Å². The molecule has 2 aromatic carbocycles. The molecule has 1 saturated carbocycles. The fourth-order valence-corrected chi connectivity index (χ4v) is 3.09. The van der Waals surface area contributed by atoms with E-state index >= 15 is 0 Å². The van der Waals surface area contributed by atoms with E-state index in [0.29, 0.717) is 18.1 Å². The maximum atomic E-state index is 12.6. The maximum Gasteiger partial charge on any atom is 0.163 e. The molecule has 1 aliphatic rings. The van der Waals surface area contributed by atoms with E-state index in [0.717, 1.165) is 12.0 Å². The summed E-state index contributed by atoms with van der Waals surface area (Å²) in [6.07, 6.45) is 5.22. The first-order valence-electron chi connectivity index (χ1n) is 7.92. The Labute approximate surface area is 127 Å². The molecule has 1 nitrogen and oxygen atoms in total. The minimum absolute atomic E-state index is 0.291. The van der Waals surface area contributed by atoms with Gasteiger partial charge in [0, 0.05) is 12.0 Å². The zero-order chi connectivity index (χ0) is 14.7. The third-order valence-electron chi connectivity index (χ3n) is 4.53. The van der Waals surface area contributed by atoms with Gasteiger partial charge in [0.05, 0.1) is 0 Å². The SMILES string of the molecule is Cc1cccc(CCC(=O)c2ccccc2C2CCC2)c1. The summed E-state index contributed by atoms with van der Waals surface area (Å²) in [5.41, 5.74) is 4.74. The first-order valence-corrected chi connectivity index (χ1v) is 7.92. The van der Waals surface area contributed by atoms with Crippen LogP contribution in [0.4, 0.5) is 0 Å². The van der Waals surface area contributed by atoms with Crippen molar-refractivity contribution in [1.82, 2.24) is 0 Å². The van der Waals surface area contributed by atoms with Gasteiger partial charge in [0.15, 0.2) is 5.78 Å². The Hall–Kier alpha value is -1.89. The molecule has 0 bridgehead atoms. The van der Waals surface area contributed by atoms with Crippen molar-refractivity contribution in [1.29, 1.82) is 0 Å². The van der Waals surface area contributed by atoms with Crippen molar-refractivity contribution >= 4 is 5.78 Å². The Balaban J connectivity index is 1.71. The van der Waals surface area contributed by atoms with Crippen LogP contribution in [0, 0.1) is 6.92 Å². The van der Waals surface area contributed by atoms with Crippen LogP contribution in [-0.4, -0.2) is 5.78 Å². The van der Waals surface area contributed by atoms with E-state index in [9.17, 15) is 4.79 Å². The number of carbonyl (C=O) groups excluding carboxylic acids is 1. The molecule has 3 rings (SSSR count). The summed E-state index contributed by atoms with van der Waals surface area (Å²) in [6.45, 7) is 2.09. The highest BCUT2D eigenvalue weighted by Gasteiger charge is 2.23. The van der Waals surface area contributed by atoms with Crippen molar-refractivity contribution in [2.75, 3.05) is 0 Å². The van der Waals surface area contributed by atoms with Gasteiger partial charge in [-0.2, -0.15) is 0 Å². The molecule has 1 fully saturated rings. The second-order valence-corrected chi connectivity index (χ2v) is 6.13. The Morgan fingerprint density at radius 1 is 1.10 bits per heavy atom. The molecule has 1 aliphatic carbocycles. The molecule has 2 aromatic rings. The molecule has 0 unspecified atom stereocenters. The van der Waals surface area contributed by atoms with Gasteiger partial charge < -0.3 is 0 Å². The molecule has 0 atom stereocenters. The summed E-state index contributed by atoms with van der Waals surface area (Å²) < 4.78 is 0. The number of ketones is 1. The minimum atomic E-state index is 0.291. The zero-order valence-electron chi connectivity index (χ0n) is 12.6. The van der Waals surface area contributed by atoms with E-state index in [1.807, 2.05) is 12.1 Å². The lowest BCUT2D eigenvalue weighted by Crippen LogP contribution is -2.14. The average molecular weight is 278 g/mol. The van der Waals surface area contributed by atoms with Crippen molar-refractivity contribution < 1.29 is 4.79 Å². The Morgan fingerprint density at radius 2 is 1.90 bits per heavy atom. The molecule has 1 heteroatoms. The van der Waals surface area contributed by atoms with Crippen molar-refractivity contribution in [3.8, 4) is 0 Å². The molecular weight excluding hydrogens is 256 g/mol. The number of carbonyl (C=O) groups is 1. The number of aryl methyl sites for hydroxylation is 2.